The van der Waals surface area contributed by atoms with Crippen LogP contribution in [0.25, 0.3) is 0 Å². The predicted octanol–water partition coefficient (Wildman–Crippen LogP) is 5.10. The molecule has 0 radical (unpaired) electrons. The second kappa shape index (κ2) is 20.9. The molecule has 0 amide bonds. The van der Waals surface area contributed by atoms with E-state index in [0.717, 1.165) is 25.7 Å². The van der Waals surface area contributed by atoms with Gasteiger partial charge in [0.2, 0.25) is 0 Å². The topological polar surface area (TPSA) is 72.8 Å². The zero-order valence-corrected chi connectivity index (χ0v) is 17.2. The fourth-order valence-corrected chi connectivity index (χ4v) is 2.81. The van der Waals surface area contributed by atoms with Gasteiger partial charge in [0.25, 0.3) is 6.47 Å². The summed E-state index contributed by atoms with van der Waals surface area (Å²) in [5, 5.41) is 8.91. The van der Waals surface area contributed by atoms with Gasteiger partial charge >= 0.3 is 5.97 Å². The molecule has 1 unspecified atom stereocenters. The van der Waals surface area contributed by atoms with Crippen molar-refractivity contribution < 1.29 is 24.2 Å². The maximum Gasteiger partial charge on any atom is 0.305 e. The molecule has 0 heterocycles. The number of carbonyl (C=O) groups is 2. The zero-order valence-electron chi connectivity index (χ0n) is 17.2. The van der Waals surface area contributed by atoms with Crippen LogP contribution in [0.15, 0.2) is 12.2 Å². The molecule has 5 heteroatoms. The summed E-state index contributed by atoms with van der Waals surface area (Å²) in [7, 11) is 0. The van der Waals surface area contributed by atoms with Crippen LogP contribution in [0, 0.1) is 0 Å². The number of aliphatic hydroxyl groups is 1. The number of carbonyl (C=O) groups excluding carboxylic acids is 2. The lowest BCUT2D eigenvalue weighted by molar-refractivity contribution is -0.153. The number of ether oxygens (including phenoxy) is 2. The van der Waals surface area contributed by atoms with Crippen molar-refractivity contribution in [1.82, 2.24) is 0 Å². The molecule has 0 aromatic carbocycles. The van der Waals surface area contributed by atoms with Crippen molar-refractivity contribution in [3.8, 4) is 0 Å². The third-order valence-electron chi connectivity index (χ3n) is 4.52. The lowest BCUT2D eigenvalue weighted by Crippen LogP contribution is -2.25. The van der Waals surface area contributed by atoms with Gasteiger partial charge in [-0.1, -0.05) is 70.4 Å². The molecule has 0 aliphatic carbocycles. The van der Waals surface area contributed by atoms with E-state index >= 15 is 0 Å². The van der Waals surface area contributed by atoms with Gasteiger partial charge in [0.05, 0.1) is 6.61 Å². The van der Waals surface area contributed by atoms with Crippen LogP contribution in [-0.4, -0.2) is 36.9 Å². The van der Waals surface area contributed by atoms with Crippen LogP contribution in [0.5, 0.6) is 0 Å². The Kier molecular flexibility index (Phi) is 19.9. The van der Waals surface area contributed by atoms with Gasteiger partial charge in [-0.05, 0) is 32.1 Å². The lowest BCUT2D eigenvalue weighted by atomic mass is 10.1. The molecule has 0 aliphatic heterocycles. The average Bonchev–Trinajstić information content (AvgIpc) is 2.68. The first-order valence-corrected chi connectivity index (χ1v) is 10.7. The Balaban J connectivity index is 3.33. The minimum Gasteiger partial charge on any atom is -0.462 e. The number of hydrogen-bond acceptors (Lipinski definition) is 5. The number of unbranched alkanes of at least 4 members (excludes halogenated alkanes) is 11. The molecule has 0 saturated heterocycles. The quantitative estimate of drug-likeness (QED) is 0.137. The van der Waals surface area contributed by atoms with Crippen molar-refractivity contribution >= 4 is 12.4 Å². The second-order valence-corrected chi connectivity index (χ2v) is 7.05. The van der Waals surface area contributed by atoms with Crippen molar-refractivity contribution in [1.29, 1.82) is 0 Å². The largest absolute Gasteiger partial charge is 0.462 e. The molecule has 5 nitrogen and oxygen atoms in total. The third-order valence-corrected chi connectivity index (χ3v) is 4.52. The van der Waals surface area contributed by atoms with Gasteiger partial charge in [0.15, 0.2) is 6.10 Å². The van der Waals surface area contributed by atoms with Crippen molar-refractivity contribution in [3.05, 3.63) is 12.2 Å². The summed E-state index contributed by atoms with van der Waals surface area (Å²) in [5.41, 5.74) is 0. The molecule has 0 aromatic heterocycles. The molecule has 158 valence electrons. The maximum atomic E-state index is 11.5. The first kappa shape index (κ1) is 25.6. The van der Waals surface area contributed by atoms with E-state index in [9.17, 15) is 9.59 Å². The zero-order chi connectivity index (χ0) is 20.0. The van der Waals surface area contributed by atoms with E-state index in [4.69, 9.17) is 9.84 Å². The molecule has 0 rings (SSSR count). The van der Waals surface area contributed by atoms with Crippen molar-refractivity contribution in [2.24, 2.45) is 0 Å². The first-order chi connectivity index (χ1) is 13.2. The Morgan fingerprint density at radius 2 is 1.44 bits per heavy atom. The summed E-state index contributed by atoms with van der Waals surface area (Å²) >= 11 is 0. The fourth-order valence-electron chi connectivity index (χ4n) is 2.81. The molecule has 0 aliphatic rings. The molecule has 0 fully saturated rings. The monoisotopic (exact) mass is 384 g/mol. The standard InChI is InChI=1S/C22H40O5/c1-2-3-4-5-6-7-8-9-10-11-12-13-14-15-16-17-22(25)26-19-21(18-23)27-20-24/h9-10,20-21,23H,2-8,11-19H2,1H3/b10-9-. The minimum atomic E-state index is -0.763. The summed E-state index contributed by atoms with van der Waals surface area (Å²) in [6, 6.07) is 0. The fraction of sp³-hybridized carbons (Fsp3) is 0.818. The van der Waals surface area contributed by atoms with Crippen LogP contribution in [0.1, 0.15) is 96.8 Å². The first-order valence-electron chi connectivity index (χ1n) is 10.7. The molecule has 0 aromatic rings. The molecule has 27 heavy (non-hydrogen) atoms. The molecular weight excluding hydrogens is 344 g/mol. The summed E-state index contributed by atoms with van der Waals surface area (Å²) in [6.45, 7) is 2.07. The van der Waals surface area contributed by atoms with Gasteiger partial charge in [0.1, 0.15) is 6.61 Å². The predicted molar refractivity (Wildman–Crippen MR) is 108 cm³/mol. The number of aliphatic hydroxyl groups excluding tert-OH is 1. The normalized spacial score (nSPS) is 12.2. The van der Waals surface area contributed by atoms with E-state index in [1.165, 1.54) is 57.8 Å². The van der Waals surface area contributed by atoms with E-state index in [2.05, 4.69) is 23.8 Å². The average molecular weight is 385 g/mol. The van der Waals surface area contributed by atoms with Gasteiger partial charge < -0.3 is 14.6 Å². The van der Waals surface area contributed by atoms with Crippen LogP contribution in [-0.2, 0) is 19.1 Å². The Morgan fingerprint density at radius 1 is 0.889 bits per heavy atom. The number of rotatable bonds is 20. The number of esters is 1. The minimum absolute atomic E-state index is 0.0842. The van der Waals surface area contributed by atoms with Gasteiger partial charge in [-0.2, -0.15) is 0 Å². The number of allylic oxidation sites excluding steroid dienone is 2. The van der Waals surface area contributed by atoms with E-state index in [0.29, 0.717) is 6.42 Å². The Bertz CT molecular complexity index is 368. The Hall–Kier alpha value is -1.36. The molecule has 1 atom stereocenters. The third kappa shape index (κ3) is 19.2. The molecule has 0 bridgehead atoms. The highest BCUT2D eigenvalue weighted by molar-refractivity contribution is 5.69. The van der Waals surface area contributed by atoms with Crippen molar-refractivity contribution in [2.75, 3.05) is 13.2 Å². The smallest absolute Gasteiger partial charge is 0.305 e. The molecule has 0 spiro atoms. The van der Waals surface area contributed by atoms with Crippen LogP contribution < -0.4 is 0 Å². The van der Waals surface area contributed by atoms with Gasteiger partial charge in [-0.3, -0.25) is 9.59 Å². The van der Waals surface area contributed by atoms with E-state index in [1.54, 1.807) is 0 Å². The SMILES string of the molecule is CCCCCCCC/C=C\CCCCCCCC(=O)OCC(CO)OC=O. The van der Waals surface area contributed by atoms with Crippen molar-refractivity contribution in [2.45, 2.75) is 103 Å². The highest BCUT2D eigenvalue weighted by Crippen LogP contribution is 2.10. The summed E-state index contributed by atoms with van der Waals surface area (Å²) in [5.74, 6) is -0.305. The lowest BCUT2D eigenvalue weighted by Gasteiger charge is -2.12. The summed E-state index contributed by atoms with van der Waals surface area (Å²) < 4.78 is 9.53. The molecule has 1 N–H and O–H groups in total. The van der Waals surface area contributed by atoms with E-state index in [1.807, 2.05) is 0 Å². The van der Waals surface area contributed by atoms with Crippen molar-refractivity contribution in [3.63, 3.8) is 0 Å². The van der Waals surface area contributed by atoms with Gasteiger partial charge in [-0.25, -0.2) is 0 Å². The van der Waals surface area contributed by atoms with Crippen LogP contribution >= 0.6 is 0 Å². The van der Waals surface area contributed by atoms with Crippen LogP contribution in [0.4, 0.5) is 0 Å². The van der Waals surface area contributed by atoms with Gasteiger partial charge in [-0.15, -0.1) is 0 Å². The Morgan fingerprint density at radius 3 is 2.00 bits per heavy atom. The summed E-state index contributed by atoms with van der Waals surface area (Å²) in [4.78, 5) is 21.7. The molecule has 0 saturated carbocycles. The highest BCUT2D eigenvalue weighted by Gasteiger charge is 2.11. The maximum absolute atomic E-state index is 11.5. The van der Waals surface area contributed by atoms with E-state index < -0.39 is 6.10 Å². The van der Waals surface area contributed by atoms with Crippen LogP contribution in [0.2, 0.25) is 0 Å². The highest BCUT2D eigenvalue weighted by atomic mass is 16.6. The number of hydrogen-bond donors (Lipinski definition) is 1. The van der Waals surface area contributed by atoms with Gasteiger partial charge in [0, 0.05) is 6.42 Å². The summed E-state index contributed by atoms with van der Waals surface area (Å²) in [6.07, 6.45) is 20.1. The second-order valence-electron chi connectivity index (χ2n) is 7.05. The Labute approximate surface area is 165 Å². The van der Waals surface area contributed by atoms with E-state index in [-0.39, 0.29) is 25.7 Å². The molecular formula is C22H40O5. The van der Waals surface area contributed by atoms with Crippen LogP contribution in [0.3, 0.4) is 0 Å².